The second kappa shape index (κ2) is 10.3. The summed E-state index contributed by atoms with van der Waals surface area (Å²) < 4.78 is 2.51. The van der Waals surface area contributed by atoms with E-state index in [9.17, 15) is 5.11 Å². The summed E-state index contributed by atoms with van der Waals surface area (Å²) in [6, 6.07) is 25.3. The third-order valence-corrected chi connectivity index (χ3v) is 7.13. The zero-order valence-electron chi connectivity index (χ0n) is 19.5. The number of phenolic OH excluding ortho intramolecular Hbond substituents is 1. The highest BCUT2D eigenvalue weighted by molar-refractivity contribution is 6.07. The van der Waals surface area contributed by atoms with E-state index in [0.717, 1.165) is 38.4 Å². The summed E-state index contributed by atoms with van der Waals surface area (Å²) in [7, 11) is 0. The van der Waals surface area contributed by atoms with E-state index in [-0.39, 0.29) is 0 Å². The number of aromatic nitrogens is 1. The molecule has 5 rings (SSSR count). The van der Waals surface area contributed by atoms with Crippen LogP contribution in [0.3, 0.4) is 0 Å². The Balaban J connectivity index is 1.02. The molecule has 33 heavy (non-hydrogen) atoms. The Morgan fingerprint density at radius 3 is 1.79 bits per heavy atom. The van der Waals surface area contributed by atoms with Crippen molar-refractivity contribution in [1.29, 1.82) is 0 Å². The first-order valence-electron chi connectivity index (χ1n) is 12.5. The normalized spacial score (nSPS) is 15.0. The number of rotatable bonds is 9. The minimum absolute atomic E-state index is 0.395. The molecule has 1 saturated heterocycles. The molecule has 0 unspecified atom stereocenters. The first-order chi connectivity index (χ1) is 16.3. The van der Waals surface area contributed by atoms with Crippen LogP contribution in [0.15, 0.2) is 72.8 Å². The van der Waals surface area contributed by atoms with Crippen LogP contribution in [-0.4, -0.2) is 47.3 Å². The maximum Gasteiger partial charge on any atom is 0.138 e. The zero-order chi connectivity index (χ0) is 22.5. The molecule has 1 aliphatic rings. The van der Waals surface area contributed by atoms with Crippen LogP contribution in [0.25, 0.3) is 21.8 Å². The maximum absolute atomic E-state index is 10.1. The maximum atomic E-state index is 10.1. The third-order valence-electron chi connectivity index (χ3n) is 7.13. The minimum atomic E-state index is 0.395. The number of piperazine rings is 1. The topological polar surface area (TPSA) is 31.6 Å². The van der Waals surface area contributed by atoms with E-state index in [0.29, 0.717) is 5.75 Å². The van der Waals surface area contributed by atoms with Crippen molar-refractivity contribution in [2.24, 2.45) is 0 Å². The van der Waals surface area contributed by atoms with E-state index in [1.165, 1.54) is 60.5 Å². The smallest absolute Gasteiger partial charge is 0.138 e. The van der Waals surface area contributed by atoms with Crippen molar-refractivity contribution in [3.05, 3.63) is 72.8 Å². The van der Waals surface area contributed by atoms with Crippen LogP contribution in [0.5, 0.6) is 5.75 Å². The molecule has 0 saturated carbocycles. The van der Waals surface area contributed by atoms with Crippen molar-refractivity contribution in [3.63, 3.8) is 0 Å². The van der Waals surface area contributed by atoms with Gasteiger partial charge in [-0.15, -0.1) is 0 Å². The van der Waals surface area contributed by atoms with Gasteiger partial charge in [0.1, 0.15) is 5.75 Å². The summed E-state index contributed by atoms with van der Waals surface area (Å²) in [5.74, 6) is 0.395. The first-order valence-corrected chi connectivity index (χ1v) is 12.5. The van der Waals surface area contributed by atoms with Gasteiger partial charge in [0.05, 0.1) is 5.69 Å². The monoisotopic (exact) mass is 441 g/mol. The van der Waals surface area contributed by atoms with E-state index in [1.807, 2.05) is 18.2 Å². The van der Waals surface area contributed by atoms with Crippen molar-refractivity contribution >= 4 is 27.5 Å². The first kappa shape index (κ1) is 21.8. The number of para-hydroxylation sites is 4. The molecular formula is C29H35N3O. The number of benzene rings is 3. The Labute approximate surface area is 197 Å². The van der Waals surface area contributed by atoms with Crippen LogP contribution < -0.4 is 4.90 Å². The van der Waals surface area contributed by atoms with Gasteiger partial charge >= 0.3 is 0 Å². The number of aromatic hydroxyl groups is 1. The lowest BCUT2D eigenvalue weighted by Crippen LogP contribution is -2.46. The zero-order valence-corrected chi connectivity index (χ0v) is 19.5. The van der Waals surface area contributed by atoms with Crippen molar-refractivity contribution in [2.45, 2.75) is 38.6 Å². The van der Waals surface area contributed by atoms with E-state index in [2.05, 4.69) is 62.9 Å². The average Bonchev–Trinajstić information content (AvgIpc) is 3.18. The van der Waals surface area contributed by atoms with Crippen LogP contribution in [0.2, 0.25) is 0 Å². The highest BCUT2D eigenvalue weighted by Gasteiger charge is 2.18. The molecule has 172 valence electrons. The van der Waals surface area contributed by atoms with E-state index < -0.39 is 0 Å². The van der Waals surface area contributed by atoms with E-state index in [1.54, 1.807) is 6.07 Å². The molecule has 4 aromatic rings. The summed E-state index contributed by atoms with van der Waals surface area (Å²) in [5, 5.41) is 12.8. The van der Waals surface area contributed by atoms with Crippen LogP contribution in [0.1, 0.15) is 32.1 Å². The van der Waals surface area contributed by atoms with E-state index >= 15 is 0 Å². The van der Waals surface area contributed by atoms with Crippen LogP contribution in [0, 0.1) is 0 Å². The van der Waals surface area contributed by atoms with E-state index in [4.69, 9.17) is 0 Å². The SMILES string of the molecule is Oc1ccccc1N1CCN(CCCCCCCn2c3ccccc3c3ccccc32)CC1. The fourth-order valence-electron chi connectivity index (χ4n) is 5.32. The molecule has 2 heterocycles. The predicted molar refractivity (Wildman–Crippen MR) is 139 cm³/mol. The number of unbranched alkanes of at least 4 members (excludes halogenated alkanes) is 4. The second-order valence-corrected chi connectivity index (χ2v) is 9.27. The molecule has 1 aliphatic heterocycles. The molecule has 4 heteroatoms. The Morgan fingerprint density at radius 1 is 0.576 bits per heavy atom. The molecule has 0 radical (unpaired) electrons. The van der Waals surface area contributed by atoms with Crippen LogP contribution in [-0.2, 0) is 6.54 Å². The molecule has 4 nitrogen and oxygen atoms in total. The minimum Gasteiger partial charge on any atom is -0.506 e. The average molecular weight is 442 g/mol. The summed E-state index contributed by atoms with van der Waals surface area (Å²) in [4.78, 5) is 4.88. The molecule has 1 N–H and O–H groups in total. The van der Waals surface area contributed by atoms with Crippen molar-refractivity contribution in [3.8, 4) is 5.75 Å². The largest absolute Gasteiger partial charge is 0.506 e. The number of nitrogens with zero attached hydrogens (tertiary/aromatic N) is 3. The fraction of sp³-hybridized carbons (Fsp3) is 0.379. The molecule has 0 atom stereocenters. The molecule has 0 spiro atoms. The molecule has 1 fully saturated rings. The number of fused-ring (bicyclic) bond motifs is 3. The predicted octanol–water partition coefficient (Wildman–Crippen LogP) is 6.27. The lowest BCUT2D eigenvalue weighted by Gasteiger charge is -2.36. The van der Waals surface area contributed by atoms with Gasteiger partial charge in [0.25, 0.3) is 0 Å². The number of anilines is 1. The Morgan fingerprint density at radius 2 is 1.12 bits per heavy atom. The van der Waals surface area contributed by atoms with Crippen molar-refractivity contribution in [2.75, 3.05) is 37.6 Å². The number of aryl methyl sites for hydroxylation is 1. The second-order valence-electron chi connectivity index (χ2n) is 9.27. The van der Waals surface area contributed by atoms with Gasteiger partial charge in [-0.05, 0) is 43.7 Å². The standard InChI is InChI=1S/C29H35N3O/c33-29-17-9-8-16-28(29)31-22-20-30(21-23-31)18-10-2-1-3-11-19-32-26-14-6-4-12-24(26)25-13-5-7-15-27(25)32/h4-9,12-17,33H,1-3,10-11,18-23H2. The number of phenols is 1. The fourth-order valence-corrected chi connectivity index (χ4v) is 5.32. The number of hydrogen-bond donors (Lipinski definition) is 1. The van der Waals surface area contributed by atoms with Gasteiger partial charge in [-0.25, -0.2) is 0 Å². The van der Waals surface area contributed by atoms with Gasteiger partial charge in [0, 0.05) is 54.5 Å². The summed E-state index contributed by atoms with van der Waals surface area (Å²) in [6.07, 6.45) is 6.44. The molecule has 0 bridgehead atoms. The molecule has 0 amide bonds. The summed E-state index contributed by atoms with van der Waals surface area (Å²) in [5.41, 5.74) is 3.70. The van der Waals surface area contributed by atoms with Gasteiger partial charge in [0.2, 0.25) is 0 Å². The highest BCUT2D eigenvalue weighted by atomic mass is 16.3. The van der Waals surface area contributed by atoms with Crippen molar-refractivity contribution < 1.29 is 5.11 Å². The van der Waals surface area contributed by atoms with Gasteiger partial charge in [-0.2, -0.15) is 0 Å². The Hall–Kier alpha value is -2.98. The Bertz CT molecular complexity index is 1140. The van der Waals surface area contributed by atoms with Crippen LogP contribution in [0.4, 0.5) is 5.69 Å². The van der Waals surface area contributed by atoms with Gasteiger partial charge in [-0.3, -0.25) is 4.90 Å². The van der Waals surface area contributed by atoms with Gasteiger partial charge < -0.3 is 14.6 Å². The molecule has 3 aromatic carbocycles. The molecule has 1 aromatic heterocycles. The van der Waals surface area contributed by atoms with Gasteiger partial charge in [0.15, 0.2) is 0 Å². The summed E-state index contributed by atoms with van der Waals surface area (Å²) >= 11 is 0. The Kier molecular flexibility index (Phi) is 6.82. The van der Waals surface area contributed by atoms with Crippen molar-refractivity contribution in [1.82, 2.24) is 9.47 Å². The van der Waals surface area contributed by atoms with Gasteiger partial charge in [-0.1, -0.05) is 67.8 Å². The highest BCUT2D eigenvalue weighted by Crippen LogP contribution is 2.29. The third kappa shape index (κ3) is 4.86. The van der Waals surface area contributed by atoms with Crippen LogP contribution >= 0.6 is 0 Å². The molecular weight excluding hydrogens is 406 g/mol. The number of hydrogen-bond acceptors (Lipinski definition) is 3. The summed E-state index contributed by atoms with van der Waals surface area (Å²) in [6.45, 7) is 6.46. The molecule has 0 aliphatic carbocycles. The lowest BCUT2D eigenvalue weighted by molar-refractivity contribution is 0.251. The lowest BCUT2D eigenvalue weighted by atomic mass is 10.1. The quantitative estimate of drug-likeness (QED) is 0.311.